The summed E-state index contributed by atoms with van der Waals surface area (Å²) in [6.45, 7) is 6.78. The number of piperidine rings is 1. The molecule has 2 aliphatic rings. The molecule has 2 atom stereocenters. The Morgan fingerprint density at radius 2 is 1.86 bits per heavy atom. The van der Waals surface area contributed by atoms with Crippen molar-refractivity contribution in [1.29, 1.82) is 0 Å². The zero-order valence-electron chi connectivity index (χ0n) is 22.7. The average Bonchev–Trinajstić information content (AvgIpc) is 2.93. The van der Waals surface area contributed by atoms with Crippen LogP contribution >= 0.6 is 23.7 Å². The Morgan fingerprint density at radius 1 is 1.14 bits per heavy atom. The Hall–Kier alpha value is -1.74. The molecular weight excluding hydrogens is 502 g/mol. The fraction of sp³-hybridized carbons (Fsp3) is 0.586. The van der Waals surface area contributed by atoms with Gasteiger partial charge in [-0.25, -0.2) is 4.31 Å². The summed E-state index contributed by atoms with van der Waals surface area (Å²) in [4.78, 5) is 17.4. The van der Waals surface area contributed by atoms with Crippen molar-refractivity contribution >= 4 is 40.5 Å². The highest BCUT2D eigenvalue weighted by atomic mass is 32.2. The molecule has 0 bridgehead atoms. The number of carbonyl (C=O) groups excluding carboxylic acids is 1. The summed E-state index contributed by atoms with van der Waals surface area (Å²) in [7, 11) is 1.00. The number of nitrogens with zero attached hydrogens (tertiary/aromatic N) is 2. The summed E-state index contributed by atoms with van der Waals surface area (Å²) in [6, 6.07) is 10.2. The first-order chi connectivity index (χ1) is 17.9. The predicted octanol–water partition coefficient (Wildman–Crippen LogP) is 5.71. The van der Waals surface area contributed by atoms with E-state index in [2.05, 4.69) is 33.0 Å². The van der Waals surface area contributed by atoms with E-state index >= 15 is 0 Å². The van der Waals surface area contributed by atoms with Gasteiger partial charge in [0.2, 0.25) is 5.91 Å². The van der Waals surface area contributed by atoms with E-state index in [-0.39, 0.29) is 11.9 Å². The van der Waals surface area contributed by atoms with Crippen molar-refractivity contribution in [3.63, 3.8) is 0 Å². The smallest absolute Gasteiger partial charge is 0.225 e. The van der Waals surface area contributed by atoms with Crippen LogP contribution in [0.2, 0.25) is 0 Å². The monoisotopic (exact) mass is 545 g/mol. The number of amides is 1. The number of pyridine rings is 1. The van der Waals surface area contributed by atoms with Crippen LogP contribution in [0.5, 0.6) is 5.75 Å². The molecule has 1 aromatic heterocycles. The highest BCUT2D eigenvalue weighted by molar-refractivity contribution is 7.99. The van der Waals surface area contributed by atoms with Gasteiger partial charge in [0.15, 0.2) is 0 Å². The summed E-state index contributed by atoms with van der Waals surface area (Å²) in [5, 5.41) is 12.7. The van der Waals surface area contributed by atoms with Gasteiger partial charge in [-0.2, -0.15) is 11.8 Å². The van der Waals surface area contributed by atoms with E-state index in [1.165, 1.54) is 12.8 Å². The zero-order chi connectivity index (χ0) is 26.7. The summed E-state index contributed by atoms with van der Waals surface area (Å²) in [6.07, 6.45) is 15.0. The van der Waals surface area contributed by atoms with Crippen molar-refractivity contribution in [2.75, 3.05) is 33.1 Å². The Morgan fingerprint density at radius 3 is 2.57 bits per heavy atom. The molecule has 37 heavy (non-hydrogen) atoms. The zero-order valence-corrected chi connectivity index (χ0v) is 24.3. The molecule has 2 N–H and O–H groups in total. The van der Waals surface area contributed by atoms with Gasteiger partial charge in [-0.15, -0.1) is 0 Å². The number of rotatable bonds is 10. The first-order valence-corrected chi connectivity index (χ1v) is 15.4. The van der Waals surface area contributed by atoms with E-state index in [0.717, 1.165) is 62.5 Å². The van der Waals surface area contributed by atoms with Crippen molar-refractivity contribution in [3.05, 3.63) is 48.7 Å². The molecule has 8 heteroatoms. The quantitative estimate of drug-likeness (QED) is 0.225. The van der Waals surface area contributed by atoms with E-state index in [9.17, 15) is 4.79 Å². The molecule has 1 saturated heterocycles. The lowest BCUT2D eigenvalue weighted by Gasteiger charge is -2.35. The normalized spacial score (nSPS) is 20.8. The third kappa shape index (κ3) is 9.20. The summed E-state index contributed by atoms with van der Waals surface area (Å²) >= 11 is 3.95. The van der Waals surface area contributed by atoms with Crippen molar-refractivity contribution in [2.45, 2.75) is 68.9 Å². The lowest BCUT2D eigenvalue weighted by molar-refractivity contribution is -0.130. The van der Waals surface area contributed by atoms with Crippen LogP contribution in [0.3, 0.4) is 0 Å². The first kappa shape index (κ1) is 29.8. The maximum absolute atomic E-state index is 13.0. The van der Waals surface area contributed by atoms with Crippen LogP contribution in [0, 0.1) is 5.41 Å². The Bertz CT molecular complexity index is 1010. The second kappa shape index (κ2) is 15.0. The number of fused-ring (bicyclic) bond motifs is 1. The predicted molar refractivity (Wildman–Crippen MR) is 158 cm³/mol. The molecule has 2 heterocycles. The van der Waals surface area contributed by atoms with Gasteiger partial charge >= 0.3 is 0 Å². The summed E-state index contributed by atoms with van der Waals surface area (Å²) in [5.74, 6) is 1.02. The minimum Gasteiger partial charge on any atom is -0.494 e. The maximum Gasteiger partial charge on any atom is 0.225 e. The average molecular weight is 546 g/mol. The van der Waals surface area contributed by atoms with Crippen molar-refractivity contribution in [3.8, 4) is 5.75 Å². The number of aliphatic hydroxyl groups is 1. The molecule has 1 fully saturated rings. The molecule has 1 aliphatic carbocycles. The summed E-state index contributed by atoms with van der Waals surface area (Å²) in [5.41, 5.74) is 0.570. The number of benzene rings is 1. The molecule has 204 valence electrons. The van der Waals surface area contributed by atoms with Gasteiger partial charge in [-0.05, 0) is 69.0 Å². The van der Waals surface area contributed by atoms with Crippen LogP contribution in [-0.4, -0.2) is 69.9 Å². The van der Waals surface area contributed by atoms with E-state index in [1.807, 2.05) is 67.9 Å². The third-order valence-electron chi connectivity index (χ3n) is 7.06. The number of hydrogen-bond donors (Lipinski definition) is 2. The molecule has 1 amide bonds. The molecule has 0 spiro atoms. The largest absolute Gasteiger partial charge is 0.494 e. The lowest BCUT2D eigenvalue weighted by Crippen LogP contribution is -2.47. The van der Waals surface area contributed by atoms with Gasteiger partial charge in [0.25, 0.3) is 0 Å². The second-order valence-electron chi connectivity index (χ2n) is 10.3. The molecule has 4 rings (SSSR count). The van der Waals surface area contributed by atoms with Gasteiger partial charge in [0.1, 0.15) is 5.75 Å². The van der Waals surface area contributed by atoms with Crippen LogP contribution in [-0.2, 0) is 4.79 Å². The standard InChI is InChI=1S/C28H39N3O2S2.CH4O/c1-28(2,15-5-19-33-23-7-12-26-21(20-23)6-4-16-29-26)27(32)30-22-13-17-31(18-14-22)35-25-10-8-24(34-3)9-11-25;1-2/h4,6-8,10,12,16,20,22,24-25H,5,9,11,13-15,17-19H2,1-3H3,(H,30,32);2H,1H3. The Kier molecular flexibility index (Phi) is 12.1. The number of carbonyl (C=O) groups is 1. The molecule has 0 saturated carbocycles. The minimum atomic E-state index is -0.400. The molecular formula is C29H43N3O3S2. The molecule has 6 nitrogen and oxygen atoms in total. The fourth-order valence-electron chi connectivity index (χ4n) is 4.69. The van der Waals surface area contributed by atoms with Gasteiger partial charge in [0, 0.05) is 53.7 Å². The van der Waals surface area contributed by atoms with Gasteiger partial charge in [-0.3, -0.25) is 9.78 Å². The Labute approximate surface area is 231 Å². The topological polar surface area (TPSA) is 74.7 Å². The fourth-order valence-corrected chi connectivity index (χ4v) is 6.52. The second-order valence-corrected chi connectivity index (χ2v) is 12.7. The lowest BCUT2D eigenvalue weighted by atomic mass is 9.86. The van der Waals surface area contributed by atoms with Crippen molar-refractivity contribution in [1.82, 2.24) is 14.6 Å². The van der Waals surface area contributed by atoms with Crippen LogP contribution in [0.15, 0.2) is 48.7 Å². The highest BCUT2D eigenvalue weighted by Crippen LogP contribution is 2.32. The molecule has 2 aromatic rings. The first-order valence-electron chi connectivity index (χ1n) is 13.3. The van der Waals surface area contributed by atoms with Gasteiger partial charge < -0.3 is 15.2 Å². The highest BCUT2D eigenvalue weighted by Gasteiger charge is 2.31. The van der Waals surface area contributed by atoms with Gasteiger partial charge in [-0.1, -0.05) is 44.0 Å². The van der Waals surface area contributed by atoms with Crippen LogP contribution < -0.4 is 10.1 Å². The summed E-state index contributed by atoms with van der Waals surface area (Å²) < 4.78 is 8.45. The number of nitrogens with one attached hydrogen (secondary N) is 1. The molecule has 1 aromatic carbocycles. The number of aliphatic hydroxyl groups excluding tert-OH is 1. The number of thioether (sulfide) groups is 1. The van der Waals surface area contributed by atoms with Crippen molar-refractivity contribution in [2.24, 2.45) is 5.41 Å². The molecule has 1 aliphatic heterocycles. The van der Waals surface area contributed by atoms with E-state index in [0.29, 0.717) is 17.1 Å². The molecule has 0 radical (unpaired) electrons. The van der Waals surface area contributed by atoms with E-state index < -0.39 is 5.41 Å². The van der Waals surface area contributed by atoms with E-state index in [4.69, 9.17) is 9.84 Å². The number of aromatic nitrogens is 1. The SMILES string of the molecule is CO.CSC1C=CC(SN2CCC(NC(=O)C(C)(C)CCCOc3ccc4ncccc4c3)CC2)CC1. The van der Waals surface area contributed by atoms with Crippen LogP contribution in [0.4, 0.5) is 0 Å². The maximum atomic E-state index is 13.0. The van der Waals surface area contributed by atoms with E-state index in [1.54, 1.807) is 6.20 Å². The number of hydrogen-bond acceptors (Lipinski definition) is 7. The van der Waals surface area contributed by atoms with Crippen LogP contribution in [0.1, 0.15) is 52.4 Å². The minimum absolute atomic E-state index is 0.165. The number of ether oxygens (including phenoxy) is 1. The molecule has 2 unspecified atom stereocenters. The third-order valence-corrected chi connectivity index (χ3v) is 9.38. The Balaban J connectivity index is 0.00000186. The van der Waals surface area contributed by atoms with Crippen LogP contribution in [0.25, 0.3) is 10.9 Å². The van der Waals surface area contributed by atoms with Gasteiger partial charge in [0.05, 0.1) is 12.1 Å². The van der Waals surface area contributed by atoms with Crippen molar-refractivity contribution < 1.29 is 14.6 Å².